The number of anilines is 1. The number of amides is 1. The lowest BCUT2D eigenvalue weighted by atomic mass is 10.1. The molecule has 1 aliphatic heterocycles. The van der Waals surface area contributed by atoms with E-state index in [0.717, 1.165) is 12.8 Å². The number of carboxylic acid groups (broad SMARTS) is 1. The highest BCUT2D eigenvalue weighted by atomic mass is 16.6. The van der Waals surface area contributed by atoms with Gasteiger partial charge in [0, 0.05) is 32.2 Å². The molecular weight excluding hydrogens is 352 g/mol. The maximum atomic E-state index is 12.7. The number of nitro groups is 1. The van der Waals surface area contributed by atoms with E-state index in [0.29, 0.717) is 25.2 Å². The summed E-state index contributed by atoms with van der Waals surface area (Å²) in [5.74, 6) is -0.946. The first-order valence-electron chi connectivity index (χ1n) is 8.94. The molecule has 0 radical (unpaired) electrons. The molecule has 1 fully saturated rings. The Hall–Kier alpha value is -2.68. The smallest absolute Gasteiger partial charge is 0.317 e. The summed E-state index contributed by atoms with van der Waals surface area (Å²) in [6.07, 6.45) is 2.36. The number of para-hydroxylation sites is 2. The lowest BCUT2D eigenvalue weighted by Gasteiger charge is -2.27. The molecule has 1 N–H and O–H groups in total. The van der Waals surface area contributed by atoms with E-state index in [2.05, 4.69) is 0 Å². The summed E-state index contributed by atoms with van der Waals surface area (Å²) < 4.78 is 0. The van der Waals surface area contributed by atoms with Gasteiger partial charge in [0.2, 0.25) is 5.91 Å². The molecule has 0 bridgehead atoms. The average Bonchev–Trinajstić information content (AvgIpc) is 2.87. The molecule has 1 heterocycles. The molecule has 0 spiro atoms. The molecule has 1 aliphatic rings. The van der Waals surface area contributed by atoms with Crippen molar-refractivity contribution in [3.8, 4) is 0 Å². The van der Waals surface area contributed by atoms with Crippen molar-refractivity contribution in [2.45, 2.75) is 25.3 Å². The fraction of sp³-hybridized carbons (Fsp3) is 0.556. The van der Waals surface area contributed by atoms with Gasteiger partial charge >= 0.3 is 5.97 Å². The molecule has 2 rings (SSSR count). The van der Waals surface area contributed by atoms with Crippen LogP contribution >= 0.6 is 0 Å². The molecule has 9 nitrogen and oxygen atoms in total. The first kappa shape index (κ1) is 20.6. The Labute approximate surface area is 158 Å². The van der Waals surface area contributed by atoms with Crippen molar-refractivity contribution in [1.82, 2.24) is 9.80 Å². The average molecular weight is 378 g/mol. The van der Waals surface area contributed by atoms with E-state index >= 15 is 0 Å². The predicted octanol–water partition coefficient (Wildman–Crippen LogP) is 1.43. The largest absolute Gasteiger partial charge is 0.480 e. The summed E-state index contributed by atoms with van der Waals surface area (Å²) in [6, 6.07) is 6.49. The van der Waals surface area contributed by atoms with Crippen molar-refractivity contribution in [2.24, 2.45) is 0 Å². The van der Waals surface area contributed by atoms with Crippen LogP contribution in [-0.2, 0) is 9.59 Å². The maximum Gasteiger partial charge on any atom is 0.317 e. The van der Waals surface area contributed by atoms with Gasteiger partial charge in [-0.3, -0.25) is 24.6 Å². The van der Waals surface area contributed by atoms with E-state index in [9.17, 15) is 19.7 Å². The SMILES string of the molecule is CN(CC(=O)N1CCCC(N(C)CC(=O)O)CC1)c1ccccc1[N+](=O)[O-]. The van der Waals surface area contributed by atoms with Crippen LogP contribution in [0.15, 0.2) is 24.3 Å². The van der Waals surface area contributed by atoms with Crippen molar-refractivity contribution in [3.05, 3.63) is 34.4 Å². The van der Waals surface area contributed by atoms with Crippen LogP contribution in [0.2, 0.25) is 0 Å². The number of nitro benzene ring substituents is 1. The first-order chi connectivity index (χ1) is 12.8. The number of carboxylic acids is 1. The van der Waals surface area contributed by atoms with E-state index in [1.54, 1.807) is 42.1 Å². The van der Waals surface area contributed by atoms with Gasteiger partial charge in [-0.1, -0.05) is 12.1 Å². The third kappa shape index (κ3) is 5.65. The van der Waals surface area contributed by atoms with E-state index < -0.39 is 10.9 Å². The molecule has 0 aromatic heterocycles. The summed E-state index contributed by atoms with van der Waals surface area (Å²) >= 11 is 0. The molecule has 27 heavy (non-hydrogen) atoms. The number of nitrogens with zero attached hydrogens (tertiary/aromatic N) is 4. The molecule has 1 atom stereocenters. The molecule has 1 saturated heterocycles. The van der Waals surface area contributed by atoms with Gasteiger partial charge in [0.15, 0.2) is 0 Å². The van der Waals surface area contributed by atoms with Gasteiger partial charge < -0.3 is 14.9 Å². The number of carbonyl (C=O) groups excluding carboxylic acids is 1. The van der Waals surface area contributed by atoms with Crippen LogP contribution in [0.3, 0.4) is 0 Å². The summed E-state index contributed by atoms with van der Waals surface area (Å²) in [5, 5.41) is 20.1. The quantitative estimate of drug-likeness (QED) is 0.565. The number of hydrogen-bond donors (Lipinski definition) is 1. The highest BCUT2D eigenvalue weighted by Crippen LogP contribution is 2.26. The molecule has 9 heteroatoms. The molecule has 0 aliphatic carbocycles. The van der Waals surface area contributed by atoms with Gasteiger partial charge in [0.25, 0.3) is 5.69 Å². The standard InChI is InChI=1S/C18H26N4O5/c1-19(13-18(24)25)14-6-5-10-21(11-9-14)17(23)12-20(2)15-7-3-4-8-16(15)22(26)27/h3-4,7-8,14H,5-6,9-13H2,1-2H3,(H,24,25). The fourth-order valence-corrected chi connectivity index (χ4v) is 3.44. The van der Waals surface area contributed by atoms with E-state index in [1.165, 1.54) is 6.07 Å². The Morgan fingerprint density at radius 1 is 1.22 bits per heavy atom. The highest BCUT2D eigenvalue weighted by molar-refractivity contribution is 5.82. The minimum atomic E-state index is -0.860. The minimum Gasteiger partial charge on any atom is -0.480 e. The Bertz CT molecular complexity index is 696. The van der Waals surface area contributed by atoms with Gasteiger partial charge in [-0.2, -0.15) is 0 Å². The van der Waals surface area contributed by atoms with Gasteiger partial charge in [-0.05, 0) is 32.4 Å². The third-order valence-corrected chi connectivity index (χ3v) is 4.92. The third-order valence-electron chi connectivity index (χ3n) is 4.92. The maximum absolute atomic E-state index is 12.7. The topological polar surface area (TPSA) is 107 Å². The second-order valence-electron chi connectivity index (χ2n) is 6.88. The monoisotopic (exact) mass is 378 g/mol. The first-order valence-corrected chi connectivity index (χ1v) is 8.94. The number of aliphatic carboxylic acids is 1. The normalized spacial score (nSPS) is 17.4. The second kappa shape index (κ2) is 9.31. The van der Waals surface area contributed by atoms with Crippen LogP contribution in [0.25, 0.3) is 0 Å². The Morgan fingerprint density at radius 3 is 2.59 bits per heavy atom. The lowest BCUT2D eigenvalue weighted by Crippen LogP contribution is -2.41. The van der Waals surface area contributed by atoms with Crippen LogP contribution < -0.4 is 4.90 Å². The Kier molecular flexibility index (Phi) is 7.12. The van der Waals surface area contributed by atoms with Crippen molar-refractivity contribution in [1.29, 1.82) is 0 Å². The van der Waals surface area contributed by atoms with Gasteiger partial charge in [0.05, 0.1) is 18.0 Å². The number of rotatable bonds is 7. The van der Waals surface area contributed by atoms with Gasteiger partial charge in [-0.15, -0.1) is 0 Å². The van der Waals surface area contributed by atoms with Gasteiger partial charge in [-0.25, -0.2) is 0 Å². The Morgan fingerprint density at radius 2 is 1.93 bits per heavy atom. The van der Waals surface area contributed by atoms with Crippen molar-refractivity contribution in [2.75, 3.05) is 45.2 Å². The number of hydrogen-bond acceptors (Lipinski definition) is 6. The predicted molar refractivity (Wildman–Crippen MR) is 101 cm³/mol. The highest BCUT2D eigenvalue weighted by Gasteiger charge is 2.25. The number of benzene rings is 1. The summed E-state index contributed by atoms with van der Waals surface area (Å²) in [7, 11) is 3.46. The molecule has 1 amide bonds. The fourth-order valence-electron chi connectivity index (χ4n) is 3.44. The van der Waals surface area contributed by atoms with Crippen molar-refractivity contribution >= 4 is 23.3 Å². The summed E-state index contributed by atoms with van der Waals surface area (Å²) in [6.45, 7) is 1.21. The zero-order valence-corrected chi connectivity index (χ0v) is 15.7. The second-order valence-corrected chi connectivity index (χ2v) is 6.88. The summed E-state index contributed by atoms with van der Waals surface area (Å²) in [4.78, 5) is 39.5. The van der Waals surface area contributed by atoms with Crippen LogP contribution in [-0.4, -0.2) is 78.0 Å². The van der Waals surface area contributed by atoms with Crippen molar-refractivity contribution in [3.63, 3.8) is 0 Å². The zero-order valence-electron chi connectivity index (χ0n) is 15.7. The molecule has 1 aromatic rings. The number of likely N-dealkylation sites (tertiary alicyclic amines) is 1. The van der Waals surface area contributed by atoms with Crippen LogP contribution in [0.5, 0.6) is 0 Å². The molecule has 1 aromatic carbocycles. The molecular formula is C18H26N4O5. The van der Waals surface area contributed by atoms with E-state index in [-0.39, 0.29) is 30.7 Å². The van der Waals surface area contributed by atoms with Crippen molar-refractivity contribution < 1.29 is 19.6 Å². The van der Waals surface area contributed by atoms with Crippen LogP contribution in [0.1, 0.15) is 19.3 Å². The lowest BCUT2D eigenvalue weighted by molar-refractivity contribution is -0.384. The minimum absolute atomic E-state index is 0.0149. The van der Waals surface area contributed by atoms with Crippen LogP contribution in [0.4, 0.5) is 11.4 Å². The Balaban J connectivity index is 1.96. The number of likely N-dealkylation sites (N-methyl/N-ethyl adjacent to an activating group) is 2. The molecule has 148 valence electrons. The summed E-state index contributed by atoms with van der Waals surface area (Å²) in [5.41, 5.74) is 0.378. The van der Waals surface area contributed by atoms with E-state index in [1.807, 2.05) is 4.90 Å². The zero-order chi connectivity index (χ0) is 20.0. The molecule has 1 unspecified atom stereocenters. The van der Waals surface area contributed by atoms with E-state index in [4.69, 9.17) is 5.11 Å². The molecule has 0 saturated carbocycles. The number of carbonyl (C=O) groups is 2. The van der Waals surface area contributed by atoms with Gasteiger partial charge in [0.1, 0.15) is 5.69 Å². The van der Waals surface area contributed by atoms with Crippen LogP contribution in [0, 0.1) is 10.1 Å².